The molecule has 0 spiro atoms. The highest BCUT2D eigenvalue weighted by Crippen LogP contribution is 2.18. The molecule has 0 atom stereocenters. The van der Waals surface area contributed by atoms with Gasteiger partial charge in [0, 0.05) is 11.5 Å². The summed E-state index contributed by atoms with van der Waals surface area (Å²) in [6, 6.07) is 6.91. The summed E-state index contributed by atoms with van der Waals surface area (Å²) in [7, 11) is -3.77. The third-order valence-corrected chi connectivity index (χ3v) is 3.87. The summed E-state index contributed by atoms with van der Waals surface area (Å²) < 4.78 is 30.3. The lowest BCUT2D eigenvalue weighted by molar-refractivity contribution is 0.560. The second kappa shape index (κ2) is 4.46. The molecule has 1 N–H and O–H groups in total. The maximum Gasteiger partial charge on any atom is 0.336 e. The van der Waals surface area contributed by atoms with Crippen molar-refractivity contribution in [2.24, 2.45) is 0 Å². The van der Waals surface area contributed by atoms with E-state index in [1.165, 1.54) is 43.0 Å². The van der Waals surface area contributed by atoms with Gasteiger partial charge in [-0.2, -0.15) is 8.42 Å². The number of hydrogen-bond donors (Lipinski definition) is 1. The van der Waals surface area contributed by atoms with Crippen molar-refractivity contribution in [3.63, 3.8) is 0 Å². The van der Waals surface area contributed by atoms with Crippen molar-refractivity contribution in [2.45, 2.75) is 4.90 Å². The van der Waals surface area contributed by atoms with Gasteiger partial charge < -0.3 is 4.42 Å². The van der Waals surface area contributed by atoms with Gasteiger partial charge in [-0.3, -0.25) is 0 Å². The smallest absolute Gasteiger partial charge is 0.336 e. The molecule has 0 bridgehead atoms. The molecule has 8 nitrogen and oxygen atoms in total. The lowest BCUT2D eigenvalue weighted by Crippen LogP contribution is -2.21. The molecule has 0 radical (unpaired) electrons. The standard InChI is InChI=1S/C11H8N4O4S/c16-11-4-1-8-5-9(2-3-10(8)19-11)20(17,18)14-15-6-12-13-7-15/h1-7,14H. The van der Waals surface area contributed by atoms with E-state index in [9.17, 15) is 13.2 Å². The summed E-state index contributed by atoms with van der Waals surface area (Å²) in [4.78, 5) is 13.4. The highest BCUT2D eigenvalue weighted by Gasteiger charge is 2.15. The minimum absolute atomic E-state index is 0.0348. The molecule has 0 unspecified atom stereocenters. The highest BCUT2D eigenvalue weighted by molar-refractivity contribution is 7.92. The summed E-state index contributed by atoms with van der Waals surface area (Å²) in [5.74, 6) is 0. The molecule has 0 fully saturated rings. The van der Waals surface area contributed by atoms with Crippen LogP contribution in [0.2, 0.25) is 0 Å². The minimum Gasteiger partial charge on any atom is -0.423 e. The number of nitrogens with zero attached hydrogens (tertiary/aromatic N) is 3. The predicted octanol–water partition coefficient (Wildman–Crippen LogP) is 0.317. The van der Waals surface area contributed by atoms with Crippen molar-refractivity contribution < 1.29 is 12.8 Å². The molecule has 0 aliphatic rings. The Kier molecular flexibility index (Phi) is 2.75. The Labute approximate surface area is 112 Å². The third-order valence-electron chi connectivity index (χ3n) is 2.55. The van der Waals surface area contributed by atoms with Crippen molar-refractivity contribution in [3.05, 3.63) is 53.4 Å². The summed E-state index contributed by atoms with van der Waals surface area (Å²) in [6.45, 7) is 0. The number of fused-ring (bicyclic) bond motifs is 1. The van der Waals surface area contributed by atoms with Crippen molar-refractivity contribution in [3.8, 4) is 0 Å². The van der Waals surface area contributed by atoms with Gasteiger partial charge >= 0.3 is 5.63 Å². The average molecular weight is 292 g/mol. The van der Waals surface area contributed by atoms with Crippen LogP contribution in [0.3, 0.4) is 0 Å². The fraction of sp³-hybridized carbons (Fsp3) is 0. The quantitative estimate of drug-likeness (QED) is 0.696. The molecule has 0 saturated carbocycles. The zero-order valence-electron chi connectivity index (χ0n) is 9.92. The maximum atomic E-state index is 12.1. The first kappa shape index (κ1) is 12.4. The number of hydrogen-bond acceptors (Lipinski definition) is 6. The van der Waals surface area contributed by atoms with Crippen LogP contribution in [-0.2, 0) is 10.0 Å². The van der Waals surface area contributed by atoms with Gasteiger partial charge in [-0.15, -0.1) is 10.2 Å². The van der Waals surface area contributed by atoms with Gasteiger partial charge in [-0.05, 0) is 24.3 Å². The van der Waals surface area contributed by atoms with E-state index >= 15 is 0 Å². The molecular weight excluding hydrogens is 284 g/mol. The van der Waals surface area contributed by atoms with Gasteiger partial charge in [0.15, 0.2) is 0 Å². The number of aromatic nitrogens is 3. The number of benzene rings is 1. The van der Waals surface area contributed by atoms with E-state index in [-0.39, 0.29) is 4.90 Å². The molecule has 0 amide bonds. The molecule has 3 rings (SSSR count). The molecule has 0 aliphatic heterocycles. The van der Waals surface area contributed by atoms with Crippen molar-refractivity contribution >= 4 is 21.0 Å². The zero-order valence-corrected chi connectivity index (χ0v) is 10.7. The summed E-state index contributed by atoms with van der Waals surface area (Å²) >= 11 is 0. The Morgan fingerprint density at radius 1 is 1.10 bits per heavy atom. The van der Waals surface area contributed by atoms with Crippen LogP contribution in [0.5, 0.6) is 0 Å². The first-order valence-corrected chi connectivity index (χ1v) is 6.94. The van der Waals surface area contributed by atoms with Crippen LogP contribution in [0.1, 0.15) is 0 Å². The van der Waals surface area contributed by atoms with Gasteiger partial charge in [0.05, 0.1) is 4.90 Å². The van der Waals surface area contributed by atoms with Crippen LogP contribution in [0.25, 0.3) is 11.0 Å². The number of rotatable bonds is 3. The number of sulfonamides is 1. The second-order valence-corrected chi connectivity index (χ2v) is 5.58. The molecule has 20 heavy (non-hydrogen) atoms. The van der Waals surface area contributed by atoms with E-state index in [4.69, 9.17) is 4.42 Å². The van der Waals surface area contributed by atoms with Crippen LogP contribution < -0.4 is 10.5 Å². The molecule has 2 aromatic heterocycles. The largest absolute Gasteiger partial charge is 0.423 e. The zero-order chi connectivity index (χ0) is 14.2. The van der Waals surface area contributed by atoms with Gasteiger partial charge in [-0.25, -0.2) is 14.3 Å². The van der Waals surface area contributed by atoms with Crippen LogP contribution in [0.15, 0.2) is 57.1 Å². The Morgan fingerprint density at radius 2 is 1.85 bits per heavy atom. The summed E-state index contributed by atoms with van der Waals surface area (Å²) in [6.07, 6.45) is 2.44. The van der Waals surface area contributed by atoms with E-state index in [0.717, 1.165) is 4.68 Å². The van der Waals surface area contributed by atoms with Gasteiger partial charge in [-0.1, -0.05) is 0 Å². The van der Waals surface area contributed by atoms with Crippen LogP contribution in [0.4, 0.5) is 0 Å². The van der Waals surface area contributed by atoms with E-state index in [0.29, 0.717) is 11.0 Å². The topological polar surface area (TPSA) is 107 Å². The van der Waals surface area contributed by atoms with E-state index in [1.807, 2.05) is 0 Å². The third kappa shape index (κ3) is 2.26. The van der Waals surface area contributed by atoms with Gasteiger partial charge in [0.25, 0.3) is 10.0 Å². The molecule has 9 heteroatoms. The SMILES string of the molecule is O=c1ccc2cc(S(=O)(=O)Nn3cnnc3)ccc2o1. The van der Waals surface area contributed by atoms with Gasteiger partial charge in [0.1, 0.15) is 18.2 Å². The first-order chi connectivity index (χ1) is 9.54. The van der Waals surface area contributed by atoms with Crippen molar-refractivity contribution in [2.75, 3.05) is 4.83 Å². The molecule has 3 aromatic rings. The molecule has 1 aromatic carbocycles. The molecule has 0 saturated heterocycles. The van der Waals surface area contributed by atoms with Crippen LogP contribution in [0, 0.1) is 0 Å². The second-order valence-electron chi connectivity index (χ2n) is 3.92. The number of nitrogens with one attached hydrogen (secondary N) is 1. The summed E-state index contributed by atoms with van der Waals surface area (Å²) in [5.41, 5.74) is -0.170. The Hall–Kier alpha value is -2.68. The van der Waals surface area contributed by atoms with Crippen molar-refractivity contribution in [1.29, 1.82) is 0 Å². The Bertz CT molecular complexity index is 915. The molecule has 0 aliphatic carbocycles. The van der Waals surface area contributed by atoms with Crippen LogP contribution >= 0.6 is 0 Å². The monoisotopic (exact) mass is 292 g/mol. The lowest BCUT2D eigenvalue weighted by atomic mass is 10.2. The average Bonchev–Trinajstić information content (AvgIpc) is 2.90. The molecule has 102 valence electrons. The fourth-order valence-corrected chi connectivity index (χ4v) is 2.66. The van der Waals surface area contributed by atoms with E-state index in [1.54, 1.807) is 0 Å². The van der Waals surface area contributed by atoms with E-state index in [2.05, 4.69) is 15.0 Å². The normalized spacial score (nSPS) is 11.6. The fourth-order valence-electron chi connectivity index (χ4n) is 1.66. The van der Waals surface area contributed by atoms with E-state index < -0.39 is 15.6 Å². The minimum atomic E-state index is -3.77. The first-order valence-electron chi connectivity index (χ1n) is 5.46. The maximum absolute atomic E-state index is 12.1. The predicted molar refractivity (Wildman–Crippen MR) is 69.1 cm³/mol. The van der Waals surface area contributed by atoms with Crippen LogP contribution in [-0.4, -0.2) is 23.3 Å². The van der Waals surface area contributed by atoms with Gasteiger partial charge in [0.2, 0.25) is 0 Å². The summed E-state index contributed by atoms with van der Waals surface area (Å²) in [5, 5.41) is 7.50. The Morgan fingerprint density at radius 3 is 2.60 bits per heavy atom. The van der Waals surface area contributed by atoms with Crippen molar-refractivity contribution in [1.82, 2.24) is 14.9 Å². The Balaban J connectivity index is 2.05. The highest BCUT2D eigenvalue weighted by atomic mass is 32.2. The lowest BCUT2D eigenvalue weighted by Gasteiger charge is -2.07. The molecular formula is C11H8N4O4S. The molecule has 2 heterocycles.